The van der Waals surface area contributed by atoms with Crippen LogP contribution in [0.3, 0.4) is 0 Å². The van der Waals surface area contributed by atoms with Gasteiger partial charge in [0.2, 0.25) is 0 Å². The van der Waals surface area contributed by atoms with Gasteiger partial charge in [-0.05, 0) is 50.4 Å². The van der Waals surface area contributed by atoms with Crippen molar-refractivity contribution in [2.75, 3.05) is 18.5 Å². The molecule has 0 saturated heterocycles. The number of benzene rings is 1. The molecular weight excluding hydrogens is 268 g/mol. The maximum Gasteiger partial charge on any atom is 0.0471 e. The highest BCUT2D eigenvalue weighted by atomic mass is 35.5. The Morgan fingerprint density at radius 2 is 1.95 bits per heavy atom. The molecule has 1 N–H and O–H groups in total. The molecule has 1 rings (SSSR count). The van der Waals surface area contributed by atoms with Crippen LogP contribution in [0.4, 0.5) is 5.69 Å². The fourth-order valence-electron chi connectivity index (χ4n) is 1.97. The molecule has 2 nitrogen and oxygen atoms in total. The lowest BCUT2D eigenvalue weighted by Gasteiger charge is -2.37. The average molecular weight is 297 g/mol. The van der Waals surface area contributed by atoms with E-state index < -0.39 is 0 Å². The summed E-state index contributed by atoms with van der Waals surface area (Å²) in [5, 5.41) is 4.28. The first kappa shape index (κ1) is 17.3. The Hall–Kier alpha value is -0.730. The third-order valence-corrected chi connectivity index (χ3v) is 4.42. The van der Waals surface area contributed by atoms with Crippen LogP contribution in [0.15, 0.2) is 18.2 Å². The third-order valence-electron chi connectivity index (χ3n) is 4.07. The number of anilines is 1. The van der Waals surface area contributed by atoms with Crippen LogP contribution < -0.4 is 10.2 Å². The van der Waals surface area contributed by atoms with Gasteiger partial charge in [-0.3, -0.25) is 0 Å². The van der Waals surface area contributed by atoms with Crippen LogP contribution in [0.2, 0.25) is 5.02 Å². The molecule has 3 heteroatoms. The van der Waals surface area contributed by atoms with E-state index in [1.54, 1.807) is 0 Å². The van der Waals surface area contributed by atoms with E-state index in [1.165, 1.54) is 11.3 Å². The van der Waals surface area contributed by atoms with Crippen molar-refractivity contribution in [2.24, 2.45) is 5.92 Å². The highest BCUT2D eigenvalue weighted by molar-refractivity contribution is 6.31. The average Bonchev–Trinajstić information content (AvgIpc) is 2.39. The van der Waals surface area contributed by atoms with Crippen LogP contribution in [-0.2, 0) is 6.54 Å². The molecular formula is C17H29ClN2. The first-order valence-corrected chi connectivity index (χ1v) is 7.88. The lowest BCUT2D eigenvalue weighted by molar-refractivity contribution is 0.471. The zero-order chi connectivity index (χ0) is 15.3. The van der Waals surface area contributed by atoms with Gasteiger partial charge in [-0.25, -0.2) is 0 Å². The molecule has 1 aromatic carbocycles. The Morgan fingerprint density at radius 3 is 2.45 bits per heavy atom. The van der Waals surface area contributed by atoms with Crippen LogP contribution in [-0.4, -0.2) is 19.1 Å². The van der Waals surface area contributed by atoms with E-state index in [0.717, 1.165) is 24.5 Å². The summed E-state index contributed by atoms with van der Waals surface area (Å²) in [7, 11) is 2.13. The first-order chi connectivity index (χ1) is 9.27. The molecule has 0 aliphatic heterocycles. The first-order valence-electron chi connectivity index (χ1n) is 7.51. The van der Waals surface area contributed by atoms with E-state index in [-0.39, 0.29) is 5.54 Å². The van der Waals surface area contributed by atoms with Crippen LogP contribution in [0.25, 0.3) is 0 Å². The standard InChI is InChI=1S/C17H29ClN2/c1-7-17(4,5)20(6)15-9-8-14(16(18)10-15)12-19-11-13(2)3/h8-10,13,19H,7,11-12H2,1-6H3. The molecule has 0 aliphatic carbocycles. The van der Waals surface area contributed by atoms with Crippen molar-refractivity contribution in [3.8, 4) is 0 Å². The second-order valence-corrected chi connectivity index (χ2v) is 6.93. The summed E-state index contributed by atoms with van der Waals surface area (Å²) in [5.41, 5.74) is 2.48. The van der Waals surface area contributed by atoms with Crippen molar-refractivity contribution in [1.29, 1.82) is 0 Å². The van der Waals surface area contributed by atoms with Crippen LogP contribution >= 0.6 is 11.6 Å². The Labute approximate surface area is 129 Å². The third kappa shape index (κ3) is 4.68. The van der Waals surface area contributed by atoms with E-state index in [1.807, 2.05) is 0 Å². The summed E-state index contributed by atoms with van der Waals surface area (Å²) in [6, 6.07) is 6.37. The van der Waals surface area contributed by atoms with E-state index in [9.17, 15) is 0 Å². The minimum atomic E-state index is 0.140. The van der Waals surface area contributed by atoms with Gasteiger partial charge in [0.25, 0.3) is 0 Å². The van der Waals surface area contributed by atoms with Gasteiger partial charge in [-0.15, -0.1) is 0 Å². The maximum absolute atomic E-state index is 6.42. The smallest absolute Gasteiger partial charge is 0.0471 e. The van der Waals surface area contributed by atoms with Crippen LogP contribution in [0, 0.1) is 5.92 Å². The number of hydrogen-bond acceptors (Lipinski definition) is 2. The fraction of sp³-hybridized carbons (Fsp3) is 0.647. The van der Waals surface area contributed by atoms with Gasteiger partial charge in [-0.2, -0.15) is 0 Å². The monoisotopic (exact) mass is 296 g/mol. The van der Waals surface area contributed by atoms with Crippen LogP contribution in [0.5, 0.6) is 0 Å². The molecule has 0 spiro atoms. The Kier molecular flexibility index (Phi) is 6.35. The van der Waals surface area contributed by atoms with Gasteiger partial charge in [-0.1, -0.05) is 38.4 Å². The Balaban J connectivity index is 2.77. The molecule has 114 valence electrons. The molecule has 20 heavy (non-hydrogen) atoms. The Morgan fingerprint density at radius 1 is 1.30 bits per heavy atom. The number of halogens is 1. The van der Waals surface area contributed by atoms with Crippen molar-refractivity contribution in [3.63, 3.8) is 0 Å². The van der Waals surface area contributed by atoms with E-state index in [0.29, 0.717) is 5.92 Å². The highest BCUT2D eigenvalue weighted by Gasteiger charge is 2.21. The number of rotatable bonds is 7. The summed E-state index contributed by atoms with van der Waals surface area (Å²) in [6.45, 7) is 13.0. The zero-order valence-corrected chi connectivity index (χ0v) is 14.5. The molecule has 0 amide bonds. The molecule has 0 heterocycles. The minimum Gasteiger partial charge on any atom is -0.369 e. The lowest BCUT2D eigenvalue weighted by atomic mass is 9.99. The molecule has 0 aromatic heterocycles. The van der Waals surface area contributed by atoms with E-state index in [2.05, 4.69) is 70.1 Å². The number of nitrogens with one attached hydrogen (secondary N) is 1. The summed E-state index contributed by atoms with van der Waals surface area (Å²) < 4.78 is 0. The van der Waals surface area contributed by atoms with Crippen LogP contribution in [0.1, 0.15) is 46.6 Å². The van der Waals surface area contributed by atoms with Crippen molar-refractivity contribution < 1.29 is 0 Å². The highest BCUT2D eigenvalue weighted by Crippen LogP contribution is 2.28. The predicted octanol–water partition coefficient (Wildman–Crippen LogP) is 4.71. The fourth-order valence-corrected chi connectivity index (χ4v) is 2.21. The maximum atomic E-state index is 6.42. The quantitative estimate of drug-likeness (QED) is 0.784. The summed E-state index contributed by atoms with van der Waals surface area (Å²) in [5.74, 6) is 0.657. The second-order valence-electron chi connectivity index (χ2n) is 6.53. The summed E-state index contributed by atoms with van der Waals surface area (Å²) in [4.78, 5) is 2.30. The van der Waals surface area contributed by atoms with Crippen molar-refractivity contribution in [1.82, 2.24) is 5.32 Å². The molecule has 0 fully saturated rings. The molecule has 0 unspecified atom stereocenters. The number of nitrogens with zero attached hydrogens (tertiary/aromatic N) is 1. The largest absolute Gasteiger partial charge is 0.369 e. The van der Waals surface area contributed by atoms with Crippen molar-refractivity contribution >= 4 is 17.3 Å². The van der Waals surface area contributed by atoms with Gasteiger partial charge in [0.05, 0.1) is 0 Å². The molecule has 0 atom stereocenters. The molecule has 1 aromatic rings. The number of hydrogen-bond donors (Lipinski definition) is 1. The molecule has 0 radical (unpaired) electrons. The molecule has 0 bridgehead atoms. The van der Waals surface area contributed by atoms with Gasteiger partial charge in [0, 0.05) is 29.8 Å². The minimum absolute atomic E-state index is 0.140. The van der Waals surface area contributed by atoms with Gasteiger partial charge < -0.3 is 10.2 Å². The summed E-state index contributed by atoms with van der Waals surface area (Å²) >= 11 is 6.42. The van der Waals surface area contributed by atoms with E-state index >= 15 is 0 Å². The second kappa shape index (κ2) is 7.33. The zero-order valence-electron chi connectivity index (χ0n) is 13.8. The van der Waals surface area contributed by atoms with Gasteiger partial charge >= 0.3 is 0 Å². The van der Waals surface area contributed by atoms with Gasteiger partial charge in [0.1, 0.15) is 0 Å². The Bertz CT molecular complexity index is 427. The topological polar surface area (TPSA) is 15.3 Å². The SMILES string of the molecule is CCC(C)(C)N(C)c1ccc(CNCC(C)C)c(Cl)c1. The summed E-state index contributed by atoms with van der Waals surface area (Å²) in [6.07, 6.45) is 1.10. The predicted molar refractivity (Wildman–Crippen MR) is 90.8 cm³/mol. The molecule has 0 saturated carbocycles. The normalized spacial score (nSPS) is 12.0. The van der Waals surface area contributed by atoms with E-state index in [4.69, 9.17) is 11.6 Å². The van der Waals surface area contributed by atoms with Crippen molar-refractivity contribution in [2.45, 2.75) is 53.1 Å². The van der Waals surface area contributed by atoms with Crippen molar-refractivity contribution in [3.05, 3.63) is 28.8 Å². The molecule has 0 aliphatic rings. The van der Waals surface area contributed by atoms with Gasteiger partial charge in [0.15, 0.2) is 0 Å². The lowest BCUT2D eigenvalue weighted by Crippen LogP contribution is -2.40.